The summed E-state index contributed by atoms with van der Waals surface area (Å²) in [7, 11) is 0. The highest BCUT2D eigenvalue weighted by atomic mass is 32.2. The van der Waals surface area contributed by atoms with Gasteiger partial charge >= 0.3 is 0 Å². The number of carbonyl (C=O) groups excluding carboxylic acids is 2. The van der Waals surface area contributed by atoms with Gasteiger partial charge in [-0.1, -0.05) is 42.1 Å². The molecule has 142 valence electrons. The molecular weight excluding hydrogens is 362 g/mol. The van der Waals surface area contributed by atoms with E-state index in [1.54, 1.807) is 0 Å². The van der Waals surface area contributed by atoms with Crippen LogP contribution in [0.3, 0.4) is 0 Å². The second kappa shape index (κ2) is 7.72. The van der Waals surface area contributed by atoms with E-state index in [1.807, 2.05) is 34.9 Å². The first-order chi connectivity index (χ1) is 13.1. The van der Waals surface area contributed by atoms with Crippen molar-refractivity contribution >= 4 is 23.6 Å². The number of nitrogens with one attached hydrogen (secondary N) is 1. The SMILES string of the molecule is NC(=O)CCn1c(SC(C(=O)NC2CC2)c2ccccc2)nnc1C1CC1. The Hall–Kier alpha value is -2.35. The Bertz CT molecular complexity index is 830. The number of primary amides is 1. The van der Waals surface area contributed by atoms with Crippen LogP contribution in [0.2, 0.25) is 0 Å². The lowest BCUT2D eigenvalue weighted by Crippen LogP contribution is -2.30. The van der Waals surface area contributed by atoms with Crippen molar-refractivity contribution in [3.05, 3.63) is 41.7 Å². The zero-order chi connectivity index (χ0) is 18.8. The number of hydrogen-bond acceptors (Lipinski definition) is 5. The number of nitrogens with two attached hydrogens (primary N) is 1. The Morgan fingerprint density at radius 1 is 1.19 bits per heavy atom. The van der Waals surface area contributed by atoms with Crippen molar-refractivity contribution in [2.75, 3.05) is 0 Å². The van der Waals surface area contributed by atoms with Crippen LogP contribution in [0.15, 0.2) is 35.5 Å². The highest BCUT2D eigenvalue weighted by Crippen LogP contribution is 2.42. The van der Waals surface area contributed by atoms with E-state index in [2.05, 4.69) is 15.5 Å². The molecule has 4 rings (SSSR count). The molecule has 8 heteroatoms. The minimum Gasteiger partial charge on any atom is -0.370 e. The van der Waals surface area contributed by atoms with Crippen LogP contribution in [0.25, 0.3) is 0 Å². The second-order valence-corrected chi connectivity index (χ2v) is 8.25. The van der Waals surface area contributed by atoms with Crippen molar-refractivity contribution in [3.63, 3.8) is 0 Å². The van der Waals surface area contributed by atoms with E-state index < -0.39 is 5.25 Å². The highest BCUT2D eigenvalue weighted by molar-refractivity contribution is 8.00. The lowest BCUT2D eigenvalue weighted by atomic mass is 10.1. The van der Waals surface area contributed by atoms with Crippen molar-refractivity contribution in [2.24, 2.45) is 5.73 Å². The van der Waals surface area contributed by atoms with Crippen molar-refractivity contribution in [3.8, 4) is 0 Å². The minimum atomic E-state index is -0.407. The Morgan fingerprint density at radius 3 is 2.56 bits per heavy atom. The first-order valence-electron chi connectivity index (χ1n) is 9.35. The Morgan fingerprint density at radius 2 is 1.93 bits per heavy atom. The fourth-order valence-electron chi connectivity index (χ4n) is 2.97. The number of benzene rings is 1. The van der Waals surface area contributed by atoms with E-state index in [4.69, 9.17) is 5.73 Å². The van der Waals surface area contributed by atoms with Crippen LogP contribution in [-0.2, 0) is 16.1 Å². The van der Waals surface area contributed by atoms with Crippen LogP contribution in [0.5, 0.6) is 0 Å². The van der Waals surface area contributed by atoms with E-state index >= 15 is 0 Å². The van der Waals surface area contributed by atoms with Gasteiger partial charge in [-0.3, -0.25) is 9.59 Å². The van der Waals surface area contributed by atoms with Crippen molar-refractivity contribution in [1.29, 1.82) is 0 Å². The summed E-state index contributed by atoms with van der Waals surface area (Å²) in [6.45, 7) is 0.447. The van der Waals surface area contributed by atoms with Crippen molar-refractivity contribution in [2.45, 2.75) is 61.0 Å². The molecule has 0 saturated heterocycles. The number of carbonyl (C=O) groups is 2. The predicted octanol–water partition coefficient (Wildman–Crippen LogP) is 2.14. The molecule has 3 N–H and O–H groups in total. The van der Waals surface area contributed by atoms with E-state index in [-0.39, 0.29) is 18.2 Å². The molecule has 2 aliphatic rings. The normalized spacial score (nSPS) is 17.5. The smallest absolute Gasteiger partial charge is 0.238 e. The zero-order valence-corrected chi connectivity index (χ0v) is 15.8. The molecule has 27 heavy (non-hydrogen) atoms. The van der Waals surface area contributed by atoms with Gasteiger partial charge in [0.05, 0.1) is 0 Å². The van der Waals surface area contributed by atoms with E-state index in [0.29, 0.717) is 23.7 Å². The monoisotopic (exact) mass is 385 g/mol. The largest absolute Gasteiger partial charge is 0.370 e. The summed E-state index contributed by atoms with van der Waals surface area (Å²) in [5.41, 5.74) is 6.27. The lowest BCUT2D eigenvalue weighted by Gasteiger charge is -2.17. The number of aromatic nitrogens is 3. The van der Waals surface area contributed by atoms with Gasteiger partial charge in [0.15, 0.2) is 5.16 Å². The second-order valence-electron chi connectivity index (χ2n) is 7.17. The molecule has 2 amide bonds. The summed E-state index contributed by atoms with van der Waals surface area (Å²) in [5.74, 6) is 0.932. The molecule has 2 fully saturated rings. The highest BCUT2D eigenvalue weighted by Gasteiger charge is 2.33. The molecular formula is C19H23N5O2S. The van der Waals surface area contributed by atoms with Gasteiger partial charge in [0.25, 0.3) is 0 Å². The average molecular weight is 385 g/mol. The molecule has 0 spiro atoms. The number of thioether (sulfide) groups is 1. The third-order valence-electron chi connectivity index (χ3n) is 4.76. The fraction of sp³-hybridized carbons (Fsp3) is 0.474. The quantitative estimate of drug-likeness (QED) is 0.644. The molecule has 7 nitrogen and oxygen atoms in total. The minimum absolute atomic E-state index is 0.00822. The van der Waals surface area contributed by atoms with Crippen LogP contribution in [-0.4, -0.2) is 32.6 Å². The maximum absolute atomic E-state index is 12.9. The summed E-state index contributed by atoms with van der Waals surface area (Å²) in [6.07, 6.45) is 4.49. The van der Waals surface area contributed by atoms with Crippen LogP contribution in [0.1, 0.15) is 54.7 Å². The predicted molar refractivity (Wildman–Crippen MR) is 102 cm³/mol. The lowest BCUT2D eigenvalue weighted by molar-refractivity contribution is -0.121. The average Bonchev–Trinajstić information content (AvgIpc) is 3.59. The molecule has 1 atom stereocenters. The van der Waals surface area contributed by atoms with Crippen LogP contribution >= 0.6 is 11.8 Å². The summed E-state index contributed by atoms with van der Waals surface area (Å²) in [4.78, 5) is 24.1. The van der Waals surface area contributed by atoms with Gasteiger partial charge in [-0.25, -0.2) is 0 Å². The number of rotatable bonds is 9. The van der Waals surface area contributed by atoms with Gasteiger partial charge in [0, 0.05) is 24.9 Å². The van der Waals surface area contributed by atoms with Gasteiger partial charge in [-0.05, 0) is 31.2 Å². The third kappa shape index (κ3) is 4.50. The summed E-state index contributed by atoms with van der Waals surface area (Å²) in [5, 5.41) is 12.0. The van der Waals surface area contributed by atoms with Gasteiger partial charge in [-0.15, -0.1) is 10.2 Å². The molecule has 0 aliphatic heterocycles. The molecule has 0 bridgehead atoms. The molecule has 2 aliphatic carbocycles. The molecule has 0 radical (unpaired) electrons. The maximum Gasteiger partial charge on any atom is 0.238 e. The zero-order valence-electron chi connectivity index (χ0n) is 15.0. The number of nitrogens with zero attached hydrogens (tertiary/aromatic N) is 3. The first kappa shape index (κ1) is 18.0. The standard InChI is InChI=1S/C19H23N5O2S/c20-15(25)10-11-24-17(13-6-7-13)22-23-19(24)27-16(12-4-2-1-3-5-12)18(26)21-14-8-9-14/h1-5,13-14,16H,6-11H2,(H2,20,25)(H,21,26). The summed E-state index contributed by atoms with van der Waals surface area (Å²) < 4.78 is 1.97. The van der Waals surface area contributed by atoms with Crippen molar-refractivity contribution < 1.29 is 9.59 Å². The molecule has 1 aromatic carbocycles. The van der Waals surface area contributed by atoms with Crippen LogP contribution in [0, 0.1) is 0 Å². The molecule has 1 aromatic heterocycles. The van der Waals surface area contributed by atoms with E-state index in [1.165, 1.54) is 11.8 Å². The topological polar surface area (TPSA) is 103 Å². The molecule has 2 saturated carbocycles. The van der Waals surface area contributed by atoms with Gasteiger partial charge < -0.3 is 15.6 Å². The third-order valence-corrected chi connectivity index (χ3v) is 5.99. The van der Waals surface area contributed by atoms with Crippen LogP contribution in [0.4, 0.5) is 0 Å². The van der Waals surface area contributed by atoms with Gasteiger partial charge in [-0.2, -0.15) is 0 Å². The maximum atomic E-state index is 12.9. The Labute approximate surface area is 162 Å². The van der Waals surface area contributed by atoms with Crippen molar-refractivity contribution in [1.82, 2.24) is 20.1 Å². The molecule has 2 aromatic rings. The van der Waals surface area contributed by atoms with Gasteiger partial charge in [0.2, 0.25) is 11.8 Å². The van der Waals surface area contributed by atoms with E-state index in [9.17, 15) is 9.59 Å². The Balaban J connectivity index is 1.60. The first-order valence-corrected chi connectivity index (χ1v) is 10.2. The van der Waals surface area contributed by atoms with E-state index in [0.717, 1.165) is 37.1 Å². The van der Waals surface area contributed by atoms with Gasteiger partial charge in [0.1, 0.15) is 11.1 Å². The number of amides is 2. The number of hydrogen-bond donors (Lipinski definition) is 2. The summed E-state index contributed by atoms with van der Waals surface area (Å²) >= 11 is 1.39. The van der Waals surface area contributed by atoms with Crippen LogP contribution < -0.4 is 11.1 Å². The molecule has 1 heterocycles. The fourth-order valence-corrected chi connectivity index (χ4v) is 4.05. The summed E-state index contributed by atoms with van der Waals surface area (Å²) in [6, 6.07) is 10.00. The molecule has 1 unspecified atom stereocenters. The Kier molecular flexibility index (Phi) is 5.15.